The number of amides is 2. The van der Waals surface area contributed by atoms with Crippen LogP contribution in [0.3, 0.4) is 0 Å². The Bertz CT molecular complexity index is 2150. The van der Waals surface area contributed by atoms with Crippen molar-refractivity contribution in [1.29, 1.82) is 0 Å². The van der Waals surface area contributed by atoms with Gasteiger partial charge in [-0.2, -0.15) is 0 Å². The minimum absolute atomic E-state index is 0.158. The summed E-state index contributed by atoms with van der Waals surface area (Å²) in [4.78, 5) is 61.1. The van der Waals surface area contributed by atoms with Gasteiger partial charge in [-0.15, -0.1) is 0 Å². The molecule has 0 fully saturated rings. The Balaban J connectivity index is 1.60. The Hall–Kier alpha value is -5.05. The predicted octanol–water partition coefficient (Wildman–Crippen LogP) is 7.32. The molecule has 6 heterocycles. The number of hydrogen-bond acceptors (Lipinski definition) is 6. The Kier molecular flexibility index (Phi) is 7.84. The summed E-state index contributed by atoms with van der Waals surface area (Å²) in [6.45, 7) is 14.8. The van der Waals surface area contributed by atoms with E-state index in [2.05, 4.69) is 43.7 Å². The fraction of sp³-hybridized carbons (Fsp3) is 0.375. The summed E-state index contributed by atoms with van der Waals surface area (Å²) in [6, 6.07) is 15.6. The molecule has 0 saturated carbocycles. The number of ether oxygens (including phenoxy) is 1. The van der Waals surface area contributed by atoms with Gasteiger partial charge in [-0.05, 0) is 61.1 Å². The number of fused-ring (bicyclic) bond motifs is 8. The number of rotatable bonds is 6. The van der Waals surface area contributed by atoms with Crippen molar-refractivity contribution in [1.82, 2.24) is 24.8 Å². The maximum Gasteiger partial charge on any atom is 0.340 e. The quantitative estimate of drug-likeness (QED) is 0.212. The number of imide groups is 1. The summed E-state index contributed by atoms with van der Waals surface area (Å²) < 4.78 is 5.54. The third-order valence-corrected chi connectivity index (χ3v) is 10.2. The standard InChI is InChI=1S/C40H43N5O4/c1-8-24-26-17-31-40(6,7)20-29(43-31)34-35-33(36(46)45(37(34)47)21-22-14-12-11-13-15-22)25(9-2)27(44-35)18-30-39(4,5)19-23(41-30)16-28(42-26)32(24)38(48)49-10-3/h11-18,41,44H,8-10,19-21H2,1-7H3. The zero-order valence-electron chi connectivity index (χ0n) is 29.3. The van der Waals surface area contributed by atoms with Gasteiger partial charge in [-0.25, -0.2) is 9.78 Å². The number of hydrogen-bond donors (Lipinski definition) is 2. The lowest BCUT2D eigenvalue weighted by molar-refractivity contribution is -0.136. The zero-order chi connectivity index (χ0) is 34.8. The number of aromatic nitrogens is 4. The third kappa shape index (κ3) is 5.36. The topological polar surface area (TPSA) is 121 Å². The lowest BCUT2D eigenvalue weighted by atomic mass is 9.85. The van der Waals surface area contributed by atoms with E-state index in [-0.39, 0.29) is 30.4 Å². The molecule has 3 aromatic rings. The van der Waals surface area contributed by atoms with Crippen molar-refractivity contribution < 1.29 is 19.1 Å². The van der Waals surface area contributed by atoms with E-state index < -0.39 is 11.4 Å². The molecule has 0 unspecified atom stereocenters. The minimum Gasteiger partial charge on any atom is -0.462 e. The number of nitrogens with zero attached hydrogens (tertiary/aromatic N) is 3. The van der Waals surface area contributed by atoms with Gasteiger partial charge in [0.05, 0.1) is 52.5 Å². The van der Waals surface area contributed by atoms with Gasteiger partial charge in [-0.1, -0.05) is 71.9 Å². The van der Waals surface area contributed by atoms with Crippen LogP contribution in [0, 0.1) is 0 Å². The lowest BCUT2D eigenvalue weighted by Gasteiger charge is -2.26. The van der Waals surface area contributed by atoms with E-state index in [4.69, 9.17) is 14.7 Å². The highest BCUT2D eigenvalue weighted by Gasteiger charge is 2.41. The van der Waals surface area contributed by atoms with Gasteiger partial charge >= 0.3 is 5.97 Å². The second-order valence-corrected chi connectivity index (χ2v) is 14.5. The van der Waals surface area contributed by atoms with E-state index in [1.807, 2.05) is 56.3 Å². The number of nitrogens with one attached hydrogen (secondary N) is 2. The SMILES string of the molecule is CCOC(=O)C1=C(CC)c2cc3nc(c4c5[nH]c(cc6[nH]c(cc1n2)CC6(C)C)c(CC)c5C(=O)N(Cc1ccccc1)C4=O)CC3(C)C. The molecule has 8 bridgehead atoms. The van der Waals surface area contributed by atoms with Crippen molar-refractivity contribution in [2.45, 2.75) is 91.5 Å². The number of H-pyrrole nitrogens is 2. The highest BCUT2D eigenvalue weighted by atomic mass is 16.5. The van der Waals surface area contributed by atoms with Gasteiger partial charge in [-0.3, -0.25) is 19.5 Å². The van der Waals surface area contributed by atoms with Crippen LogP contribution in [-0.4, -0.2) is 49.2 Å². The first-order valence-corrected chi connectivity index (χ1v) is 17.3. The summed E-state index contributed by atoms with van der Waals surface area (Å²) in [5.74, 6) is -1.06. The van der Waals surface area contributed by atoms with E-state index in [1.54, 1.807) is 6.92 Å². The predicted molar refractivity (Wildman–Crippen MR) is 190 cm³/mol. The first-order valence-electron chi connectivity index (χ1n) is 17.3. The fourth-order valence-corrected chi connectivity index (χ4v) is 7.60. The van der Waals surface area contributed by atoms with Gasteiger partial charge in [0.15, 0.2) is 0 Å². The molecule has 4 aliphatic heterocycles. The Morgan fingerprint density at radius 2 is 1.59 bits per heavy atom. The van der Waals surface area contributed by atoms with Crippen LogP contribution in [0.15, 0.2) is 48.5 Å². The van der Waals surface area contributed by atoms with Crippen molar-refractivity contribution in [3.05, 3.63) is 105 Å². The Morgan fingerprint density at radius 3 is 2.29 bits per heavy atom. The van der Waals surface area contributed by atoms with Crippen molar-refractivity contribution in [3.8, 4) is 0 Å². The second kappa shape index (κ2) is 11.8. The van der Waals surface area contributed by atoms with Crippen molar-refractivity contribution in [3.63, 3.8) is 0 Å². The van der Waals surface area contributed by atoms with Crippen LogP contribution in [0.2, 0.25) is 0 Å². The van der Waals surface area contributed by atoms with E-state index in [1.165, 1.54) is 4.90 Å². The summed E-state index contributed by atoms with van der Waals surface area (Å²) in [5, 5.41) is 0. The number of carbonyl (C=O) groups excluding carboxylic acids is 3. The molecule has 0 radical (unpaired) electrons. The largest absolute Gasteiger partial charge is 0.462 e. The summed E-state index contributed by atoms with van der Waals surface area (Å²) in [6.07, 6.45) is 2.34. The summed E-state index contributed by atoms with van der Waals surface area (Å²) in [5.41, 5.74) is 9.06. The van der Waals surface area contributed by atoms with Gasteiger partial charge < -0.3 is 14.7 Å². The first-order chi connectivity index (χ1) is 23.4. The van der Waals surface area contributed by atoms with Crippen LogP contribution in [-0.2, 0) is 46.2 Å². The maximum absolute atomic E-state index is 14.6. The van der Waals surface area contributed by atoms with Gasteiger partial charge in [0.25, 0.3) is 11.8 Å². The van der Waals surface area contributed by atoms with E-state index >= 15 is 0 Å². The average molecular weight is 658 g/mol. The van der Waals surface area contributed by atoms with Gasteiger partial charge in [0.2, 0.25) is 0 Å². The maximum atomic E-state index is 14.6. The van der Waals surface area contributed by atoms with Crippen LogP contribution in [0.25, 0.3) is 22.2 Å². The average Bonchev–Trinajstić information content (AvgIpc) is 3.75. The fourth-order valence-electron chi connectivity index (χ4n) is 7.60. The number of aryl methyl sites for hydroxylation is 1. The molecule has 4 aliphatic rings. The molecule has 0 saturated heterocycles. The molecule has 2 N–H and O–H groups in total. The lowest BCUT2D eigenvalue weighted by Crippen LogP contribution is -2.40. The van der Waals surface area contributed by atoms with E-state index in [9.17, 15) is 14.4 Å². The minimum atomic E-state index is -0.454. The smallest absolute Gasteiger partial charge is 0.340 e. The molecule has 9 heteroatoms. The molecule has 2 amide bonds. The molecule has 0 spiro atoms. The molecule has 1 aromatic carbocycles. The molecule has 7 rings (SSSR count). The van der Waals surface area contributed by atoms with Crippen LogP contribution >= 0.6 is 0 Å². The molecular weight excluding hydrogens is 614 g/mol. The van der Waals surface area contributed by atoms with Crippen LogP contribution in [0.5, 0.6) is 0 Å². The molecule has 252 valence electrons. The first kappa shape index (κ1) is 32.5. The second-order valence-electron chi connectivity index (χ2n) is 14.5. The highest BCUT2D eigenvalue weighted by molar-refractivity contribution is 6.25. The molecular formula is C40H43N5O4. The van der Waals surface area contributed by atoms with Crippen LogP contribution < -0.4 is 0 Å². The van der Waals surface area contributed by atoms with Gasteiger partial charge in [0, 0.05) is 39.8 Å². The highest BCUT2D eigenvalue weighted by Crippen LogP contribution is 2.41. The molecule has 0 atom stereocenters. The van der Waals surface area contributed by atoms with Crippen molar-refractivity contribution in [2.24, 2.45) is 0 Å². The monoisotopic (exact) mass is 657 g/mol. The molecule has 49 heavy (non-hydrogen) atoms. The van der Waals surface area contributed by atoms with Crippen LogP contribution in [0.4, 0.5) is 0 Å². The Morgan fingerprint density at radius 1 is 0.857 bits per heavy atom. The number of aromatic amines is 2. The van der Waals surface area contributed by atoms with Crippen molar-refractivity contribution in [2.75, 3.05) is 6.61 Å². The molecule has 0 aliphatic carbocycles. The normalized spacial score (nSPS) is 17.0. The van der Waals surface area contributed by atoms with Gasteiger partial charge in [0.1, 0.15) is 0 Å². The van der Waals surface area contributed by atoms with E-state index in [0.717, 1.165) is 39.3 Å². The summed E-state index contributed by atoms with van der Waals surface area (Å²) in [7, 11) is 0. The number of benzene rings is 1. The van der Waals surface area contributed by atoms with Crippen molar-refractivity contribution >= 4 is 40.0 Å². The zero-order valence-corrected chi connectivity index (χ0v) is 29.3. The molecule has 2 aromatic heterocycles. The third-order valence-electron chi connectivity index (χ3n) is 10.2. The number of carbonyl (C=O) groups is 3. The van der Waals surface area contributed by atoms with Crippen LogP contribution in [0.1, 0.15) is 121 Å². The number of esters is 1. The molecule has 9 nitrogen and oxygen atoms in total. The van der Waals surface area contributed by atoms with E-state index in [0.29, 0.717) is 65.0 Å². The summed E-state index contributed by atoms with van der Waals surface area (Å²) >= 11 is 0. The Labute approximate surface area is 286 Å². The number of allylic oxidation sites excluding steroid dienone is 1.